The van der Waals surface area contributed by atoms with Crippen molar-refractivity contribution in [2.75, 3.05) is 38.1 Å². The van der Waals surface area contributed by atoms with Crippen LogP contribution in [0.1, 0.15) is 0 Å². The standard InChI is InChI=1S/C18H19N5/c1-22-9-11-23(12-10-22)18-20-13-19-17(21-18)16-8-4-6-14-5-2-3-7-15(14)16/h2-8,13H,9-12H2,1H3. The Balaban J connectivity index is 1.73. The van der Waals surface area contributed by atoms with Crippen molar-refractivity contribution in [2.24, 2.45) is 0 Å². The highest BCUT2D eigenvalue weighted by Gasteiger charge is 2.17. The van der Waals surface area contributed by atoms with Crippen molar-refractivity contribution < 1.29 is 0 Å². The molecule has 2 heterocycles. The number of fused-ring (bicyclic) bond motifs is 1. The van der Waals surface area contributed by atoms with Gasteiger partial charge < -0.3 is 9.80 Å². The molecule has 0 amide bonds. The molecule has 3 aromatic rings. The van der Waals surface area contributed by atoms with Crippen LogP contribution in [0.5, 0.6) is 0 Å². The fourth-order valence-electron chi connectivity index (χ4n) is 3.00. The number of benzene rings is 2. The molecule has 0 atom stereocenters. The predicted molar refractivity (Wildman–Crippen MR) is 92.5 cm³/mol. The fraction of sp³-hybridized carbons (Fsp3) is 0.278. The van der Waals surface area contributed by atoms with Crippen molar-refractivity contribution in [3.05, 3.63) is 48.8 Å². The van der Waals surface area contributed by atoms with Crippen LogP contribution in [-0.4, -0.2) is 53.1 Å². The zero-order valence-electron chi connectivity index (χ0n) is 13.2. The van der Waals surface area contributed by atoms with Gasteiger partial charge in [0.15, 0.2) is 5.82 Å². The molecule has 2 aromatic carbocycles. The van der Waals surface area contributed by atoms with Crippen molar-refractivity contribution in [2.45, 2.75) is 0 Å². The lowest BCUT2D eigenvalue weighted by molar-refractivity contribution is 0.311. The average Bonchev–Trinajstić information content (AvgIpc) is 2.62. The van der Waals surface area contributed by atoms with Gasteiger partial charge in [-0.15, -0.1) is 0 Å². The van der Waals surface area contributed by atoms with E-state index in [2.05, 4.69) is 69.3 Å². The smallest absolute Gasteiger partial charge is 0.228 e. The molecule has 5 nitrogen and oxygen atoms in total. The first-order valence-corrected chi connectivity index (χ1v) is 7.92. The third-order valence-electron chi connectivity index (χ3n) is 4.38. The molecule has 1 aliphatic heterocycles. The Morgan fingerprint density at radius 3 is 2.52 bits per heavy atom. The van der Waals surface area contributed by atoms with E-state index in [1.54, 1.807) is 6.33 Å². The third kappa shape index (κ3) is 2.75. The lowest BCUT2D eigenvalue weighted by Gasteiger charge is -2.32. The number of hydrogen-bond donors (Lipinski definition) is 0. The number of hydrogen-bond acceptors (Lipinski definition) is 5. The lowest BCUT2D eigenvalue weighted by Crippen LogP contribution is -2.45. The van der Waals surface area contributed by atoms with Crippen LogP contribution in [0.2, 0.25) is 0 Å². The van der Waals surface area contributed by atoms with Crippen molar-refractivity contribution in [1.82, 2.24) is 19.9 Å². The maximum atomic E-state index is 4.73. The number of anilines is 1. The summed E-state index contributed by atoms with van der Waals surface area (Å²) in [5.74, 6) is 1.52. The largest absolute Gasteiger partial charge is 0.338 e. The summed E-state index contributed by atoms with van der Waals surface area (Å²) in [5, 5.41) is 2.37. The van der Waals surface area contributed by atoms with Gasteiger partial charge in [0.1, 0.15) is 6.33 Å². The first kappa shape index (κ1) is 14.1. The van der Waals surface area contributed by atoms with Gasteiger partial charge in [0, 0.05) is 31.7 Å². The van der Waals surface area contributed by atoms with Gasteiger partial charge in [0.05, 0.1) is 0 Å². The molecular weight excluding hydrogens is 286 g/mol. The Bertz CT molecular complexity index is 819. The van der Waals surface area contributed by atoms with Crippen LogP contribution in [-0.2, 0) is 0 Å². The Hall–Kier alpha value is -2.53. The van der Waals surface area contributed by atoms with Gasteiger partial charge in [-0.1, -0.05) is 42.5 Å². The van der Waals surface area contributed by atoms with E-state index in [-0.39, 0.29) is 0 Å². The van der Waals surface area contributed by atoms with Gasteiger partial charge in [0.2, 0.25) is 5.95 Å². The molecule has 116 valence electrons. The number of piperazine rings is 1. The number of nitrogens with zero attached hydrogens (tertiary/aromatic N) is 5. The van der Waals surface area contributed by atoms with Gasteiger partial charge in [0.25, 0.3) is 0 Å². The minimum atomic E-state index is 0.741. The minimum Gasteiger partial charge on any atom is -0.338 e. The highest BCUT2D eigenvalue weighted by atomic mass is 15.3. The van der Waals surface area contributed by atoms with Crippen molar-refractivity contribution in [3.63, 3.8) is 0 Å². The van der Waals surface area contributed by atoms with E-state index in [9.17, 15) is 0 Å². The molecule has 0 radical (unpaired) electrons. The Labute approximate surface area is 135 Å². The first-order valence-electron chi connectivity index (χ1n) is 7.92. The van der Waals surface area contributed by atoms with Crippen LogP contribution in [0.25, 0.3) is 22.2 Å². The summed E-state index contributed by atoms with van der Waals surface area (Å²) >= 11 is 0. The molecule has 1 saturated heterocycles. The quantitative estimate of drug-likeness (QED) is 0.727. The highest BCUT2D eigenvalue weighted by Crippen LogP contribution is 2.26. The van der Waals surface area contributed by atoms with E-state index in [1.807, 2.05) is 0 Å². The van der Waals surface area contributed by atoms with Gasteiger partial charge >= 0.3 is 0 Å². The van der Waals surface area contributed by atoms with Crippen LogP contribution >= 0.6 is 0 Å². The van der Waals surface area contributed by atoms with Crippen LogP contribution in [0.4, 0.5) is 5.95 Å². The van der Waals surface area contributed by atoms with E-state index >= 15 is 0 Å². The Kier molecular flexibility index (Phi) is 3.63. The molecule has 0 saturated carbocycles. The molecule has 1 aromatic heterocycles. The summed E-state index contributed by atoms with van der Waals surface area (Å²) in [6.07, 6.45) is 1.62. The van der Waals surface area contributed by atoms with Crippen molar-refractivity contribution >= 4 is 16.7 Å². The van der Waals surface area contributed by atoms with Gasteiger partial charge in [-0.25, -0.2) is 9.97 Å². The molecule has 0 N–H and O–H groups in total. The maximum Gasteiger partial charge on any atom is 0.228 e. The third-order valence-corrected chi connectivity index (χ3v) is 4.38. The summed E-state index contributed by atoms with van der Waals surface area (Å²) in [6.45, 7) is 3.98. The van der Waals surface area contributed by atoms with Crippen LogP contribution in [0, 0.1) is 0 Å². The topological polar surface area (TPSA) is 45.2 Å². The molecule has 0 bridgehead atoms. The second-order valence-corrected chi connectivity index (χ2v) is 5.93. The van der Waals surface area contributed by atoms with Gasteiger partial charge in [-0.2, -0.15) is 4.98 Å². The van der Waals surface area contributed by atoms with E-state index in [1.165, 1.54) is 10.8 Å². The van der Waals surface area contributed by atoms with Gasteiger partial charge in [-0.05, 0) is 17.8 Å². The molecule has 5 heteroatoms. The Morgan fingerprint density at radius 2 is 1.65 bits per heavy atom. The lowest BCUT2D eigenvalue weighted by atomic mass is 10.0. The fourth-order valence-corrected chi connectivity index (χ4v) is 3.00. The molecule has 4 rings (SSSR count). The summed E-state index contributed by atoms with van der Waals surface area (Å²) in [5.41, 5.74) is 1.06. The zero-order chi connectivity index (χ0) is 15.6. The molecule has 0 unspecified atom stereocenters. The second kappa shape index (κ2) is 5.93. The van der Waals surface area contributed by atoms with Crippen LogP contribution < -0.4 is 4.90 Å². The highest BCUT2D eigenvalue weighted by molar-refractivity contribution is 5.95. The molecule has 0 spiro atoms. The predicted octanol–water partition coefficient (Wildman–Crippen LogP) is 2.44. The molecule has 1 fully saturated rings. The van der Waals surface area contributed by atoms with Crippen LogP contribution in [0.15, 0.2) is 48.8 Å². The molecule has 23 heavy (non-hydrogen) atoms. The molecular formula is C18H19N5. The average molecular weight is 305 g/mol. The summed E-state index contributed by atoms with van der Waals surface area (Å²) in [6, 6.07) is 14.6. The number of likely N-dealkylation sites (N-methyl/N-ethyl adjacent to an activating group) is 1. The van der Waals surface area contributed by atoms with E-state index in [0.29, 0.717) is 0 Å². The normalized spacial score (nSPS) is 16.0. The summed E-state index contributed by atoms with van der Waals surface area (Å²) in [4.78, 5) is 18.1. The Morgan fingerprint density at radius 1 is 0.870 bits per heavy atom. The monoisotopic (exact) mass is 305 g/mol. The van der Waals surface area contributed by atoms with Crippen LogP contribution in [0.3, 0.4) is 0 Å². The van der Waals surface area contributed by atoms with Crippen molar-refractivity contribution in [1.29, 1.82) is 0 Å². The number of rotatable bonds is 2. The zero-order valence-corrected chi connectivity index (χ0v) is 13.2. The van der Waals surface area contributed by atoms with Gasteiger partial charge in [-0.3, -0.25) is 0 Å². The van der Waals surface area contributed by atoms with E-state index < -0.39 is 0 Å². The van der Waals surface area contributed by atoms with E-state index in [0.717, 1.165) is 43.5 Å². The summed E-state index contributed by atoms with van der Waals surface area (Å²) < 4.78 is 0. The number of aromatic nitrogens is 3. The summed E-state index contributed by atoms with van der Waals surface area (Å²) in [7, 11) is 2.15. The molecule has 1 aliphatic rings. The second-order valence-electron chi connectivity index (χ2n) is 5.93. The van der Waals surface area contributed by atoms with E-state index in [4.69, 9.17) is 4.98 Å². The molecule has 0 aliphatic carbocycles. The van der Waals surface area contributed by atoms with Crippen molar-refractivity contribution in [3.8, 4) is 11.4 Å². The maximum absolute atomic E-state index is 4.73. The first-order chi connectivity index (χ1) is 11.3. The SMILES string of the molecule is CN1CCN(c2ncnc(-c3cccc4ccccc34)n2)CC1. The minimum absolute atomic E-state index is 0.741.